The Kier molecular flexibility index (Phi) is 3.88. The number of hydrogen-bond acceptors (Lipinski definition) is 3. The van der Waals surface area contributed by atoms with Crippen LogP contribution in [0.1, 0.15) is 31.9 Å². The molecule has 0 saturated carbocycles. The van der Waals surface area contributed by atoms with Gasteiger partial charge in [0, 0.05) is 11.3 Å². The van der Waals surface area contributed by atoms with Gasteiger partial charge in [-0.3, -0.25) is 0 Å². The predicted molar refractivity (Wildman–Crippen MR) is 85.0 cm³/mol. The first-order chi connectivity index (χ1) is 10.2. The lowest BCUT2D eigenvalue weighted by Gasteiger charge is -2.17. The molecule has 0 aliphatic heterocycles. The van der Waals surface area contributed by atoms with Crippen molar-refractivity contribution in [3.05, 3.63) is 48.5 Å². The quantitative estimate of drug-likeness (QED) is 0.686. The summed E-state index contributed by atoms with van der Waals surface area (Å²) in [6, 6.07) is 9.98. The Hall–Kier alpha value is -1.94. The second-order valence-electron chi connectivity index (χ2n) is 5.08. The molecule has 108 valence electrons. The number of para-hydroxylation sites is 1. The average molecular weight is 301 g/mol. The van der Waals surface area contributed by atoms with Crippen LogP contribution in [0, 0.1) is 0 Å². The van der Waals surface area contributed by atoms with Gasteiger partial charge in [-0.2, -0.15) is 5.10 Å². The van der Waals surface area contributed by atoms with Crippen LogP contribution < -0.4 is 0 Å². The van der Waals surface area contributed by atoms with Crippen LogP contribution in [-0.2, 0) is 0 Å². The number of hydrogen-bond donors (Lipinski definition) is 0. The molecular formula is C16H17ClN4. The molecule has 2 aromatic heterocycles. The molecule has 2 unspecified atom stereocenters. The van der Waals surface area contributed by atoms with E-state index in [-0.39, 0.29) is 11.3 Å². The van der Waals surface area contributed by atoms with Crippen molar-refractivity contribution in [3.63, 3.8) is 0 Å². The lowest BCUT2D eigenvalue weighted by Crippen LogP contribution is -2.11. The fourth-order valence-corrected chi connectivity index (χ4v) is 2.95. The minimum Gasteiger partial charge on any atom is -0.240 e. The summed E-state index contributed by atoms with van der Waals surface area (Å²) in [4.78, 5) is 8.86. The number of rotatable bonds is 4. The third-order valence-corrected chi connectivity index (χ3v) is 4.05. The zero-order chi connectivity index (χ0) is 14.8. The Bertz CT molecular complexity index is 736. The number of fused-ring (bicyclic) bond motifs is 1. The van der Waals surface area contributed by atoms with Gasteiger partial charge >= 0.3 is 0 Å². The lowest BCUT2D eigenvalue weighted by atomic mass is 9.97. The molecule has 0 fully saturated rings. The van der Waals surface area contributed by atoms with Crippen LogP contribution >= 0.6 is 11.6 Å². The van der Waals surface area contributed by atoms with E-state index in [1.165, 1.54) is 0 Å². The van der Waals surface area contributed by atoms with Crippen LogP contribution in [0.3, 0.4) is 0 Å². The molecule has 2 atom stereocenters. The Morgan fingerprint density at radius 1 is 1.19 bits per heavy atom. The van der Waals surface area contributed by atoms with Crippen molar-refractivity contribution in [1.29, 1.82) is 0 Å². The maximum absolute atomic E-state index is 6.32. The van der Waals surface area contributed by atoms with Gasteiger partial charge < -0.3 is 0 Å². The number of aromatic nitrogens is 4. The van der Waals surface area contributed by atoms with Gasteiger partial charge in [-0.1, -0.05) is 25.1 Å². The Morgan fingerprint density at radius 2 is 1.95 bits per heavy atom. The highest BCUT2D eigenvalue weighted by atomic mass is 35.5. The van der Waals surface area contributed by atoms with Crippen molar-refractivity contribution in [2.24, 2.45) is 0 Å². The highest BCUT2D eigenvalue weighted by Crippen LogP contribution is 2.30. The molecule has 1 aromatic carbocycles. The van der Waals surface area contributed by atoms with Gasteiger partial charge in [0.15, 0.2) is 5.65 Å². The lowest BCUT2D eigenvalue weighted by molar-refractivity contribution is 0.635. The molecule has 3 rings (SSSR count). The normalized spacial score (nSPS) is 14.2. The fraction of sp³-hybridized carbons (Fsp3) is 0.312. The first kappa shape index (κ1) is 14.0. The highest BCUT2D eigenvalue weighted by molar-refractivity contribution is 6.21. The minimum atomic E-state index is 0.0215. The SMILES string of the molecule is CCC(c1ncnc2c1cnn2-c1ccccc1)C(C)Cl. The van der Waals surface area contributed by atoms with E-state index in [2.05, 4.69) is 22.0 Å². The first-order valence-corrected chi connectivity index (χ1v) is 7.54. The zero-order valence-corrected chi connectivity index (χ0v) is 12.8. The number of benzene rings is 1. The van der Waals surface area contributed by atoms with E-state index in [1.807, 2.05) is 48.1 Å². The summed E-state index contributed by atoms with van der Waals surface area (Å²) in [7, 11) is 0. The molecular weight excluding hydrogens is 284 g/mol. The van der Waals surface area contributed by atoms with Gasteiger partial charge in [0.25, 0.3) is 0 Å². The number of halogens is 1. The summed E-state index contributed by atoms with van der Waals surface area (Å²) in [6.07, 6.45) is 4.37. The first-order valence-electron chi connectivity index (χ1n) is 7.10. The monoisotopic (exact) mass is 300 g/mol. The van der Waals surface area contributed by atoms with Crippen molar-refractivity contribution < 1.29 is 0 Å². The molecule has 0 aliphatic rings. The maximum atomic E-state index is 6.32. The second-order valence-corrected chi connectivity index (χ2v) is 5.77. The molecule has 0 radical (unpaired) electrons. The topological polar surface area (TPSA) is 43.6 Å². The van der Waals surface area contributed by atoms with E-state index in [4.69, 9.17) is 11.6 Å². The van der Waals surface area contributed by atoms with Gasteiger partial charge in [-0.15, -0.1) is 11.6 Å². The maximum Gasteiger partial charge on any atom is 0.166 e. The molecule has 2 heterocycles. The molecule has 0 spiro atoms. The summed E-state index contributed by atoms with van der Waals surface area (Å²) < 4.78 is 1.84. The van der Waals surface area contributed by atoms with Crippen molar-refractivity contribution in [2.75, 3.05) is 0 Å². The van der Waals surface area contributed by atoms with Gasteiger partial charge in [0.05, 0.1) is 23.0 Å². The molecule has 0 bridgehead atoms. The summed E-state index contributed by atoms with van der Waals surface area (Å²) in [6.45, 7) is 4.13. The Morgan fingerprint density at radius 3 is 2.62 bits per heavy atom. The molecule has 0 aliphatic carbocycles. The largest absolute Gasteiger partial charge is 0.240 e. The Balaban J connectivity index is 2.17. The van der Waals surface area contributed by atoms with E-state index in [9.17, 15) is 0 Å². The molecule has 0 saturated heterocycles. The highest BCUT2D eigenvalue weighted by Gasteiger charge is 2.21. The summed E-state index contributed by atoms with van der Waals surface area (Å²) in [5, 5.41) is 5.47. The minimum absolute atomic E-state index is 0.0215. The molecule has 4 nitrogen and oxygen atoms in total. The van der Waals surface area contributed by atoms with E-state index in [1.54, 1.807) is 6.33 Å². The standard InChI is InChI=1S/C16H17ClN4/c1-3-13(11(2)17)15-14-9-20-21(16(14)19-10-18-15)12-7-5-4-6-8-12/h4-11,13H,3H2,1-2H3. The zero-order valence-electron chi connectivity index (χ0n) is 12.1. The smallest absolute Gasteiger partial charge is 0.166 e. The summed E-state index contributed by atoms with van der Waals surface area (Å²) >= 11 is 6.32. The fourth-order valence-electron chi connectivity index (χ4n) is 2.65. The predicted octanol–water partition coefficient (Wildman–Crippen LogP) is 3.94. The van der Waals surface area contributed by atoms with Gasteiger partial charge in [-0.25, -0.2) is 14.6 Å². The van der Waals surface area contributed by atoms with Crippen LogP contribution in [0.15, 0.2) is 42.9 Å². The van der Waals surface area contributed by atoms with Crippen LogP contribution in [0.5, 0.6) is 0 Å². The van der Waals surface area contributed by atoms with Crippen LogP contribution in [-0.4, -0.2) is 25.1 Å². The van der Waals surface area contributed by atoms with Crippen LogP contribution in [0.2, 0.25) is 0 Å². The second kappa shape index (κ2) is 5.82. The third-order valence-electron chi connectivity index (χ3n) is 3.74. The molecule has 3 aromatic rings. The van der Waals surface area contributed by atoms with Gasteiger partial charge in [-0.05, 0) is 25.5 Å². The van der Waals surface area contributed by atoms with Crippen molar-refractivity contribution in [1.82, 2.24) is 19.7 Å². The van der Waals surface area contributed by atoms with E-state index < -0.39 is 0 Å². The third kappa shape index (κ3) is 2.51. The summed E-state index contributed by atoms with van der Waals surface area (Å²) in [5.74, 6) is 0.200. The molecule has 21 heavy (non-hydrogen) atoms. The number of alkyl halides is 1. The Labute approximate surface area is 128 Å². The number of nitrogens with zero attached hydrogens (tertiary/aromatic N) is 4. The van der Waals surface area contributed by atoms with Gasteiger partial charge in [0.2, 0.25) is 0 Å². The average Bonchev–Trinajstić information content (AvgIpc) is 2.93. The molecule has 0 amide bonds. The van der Waals surface area contributed by atoms with Crippen molar-refractivity contribution >= 4 is 22.6 Å². The van der Waals surface area contributed by atoms with Crippen LogP contribution in [0.4, 0.5) is 0 Å². The van der Waals surface area contributed by atoms with Crippen LogP contribution in [0.25, 0.3) is 16.7 Å². The van der Waals surface area contributed by atoms with Crippen molar-refractivity contribution in [3.8, 4) is 5.69 Å². The van der Waals surface area contributed by atoms with E-state index in [0.717, 1.165) is 28.8 Å². The van der Waals surface area contributed by atoms with E-state index in [0.29, 0.717) is 0 Å². The van der Waals surface area contributed by atoms with E-state index >= 15 is 0 Å². The van der Waals surface area contributed by atoms with Gasteiger partial charge in [0.1, 0.15) is 6.33 Å². The molecule has 5 heteroatoms. The molecule has 0 N–H and O–H groups in total. The summed E-state index contributed by atoms with van der Waals surface area (Å²) in [5.41, 5.74) is 2.79. The van der Waals surface area contributed by atoms with Crippen molar-refractivity contribution in [2.45, 2.75) is 31.6 Å².